The summed E-state index contributed by atoms with van der Waals surface area (Å²) in [5.74, 6) is 0. The fourth-order valence-electron chi connectivity index (χ4n) is 2.62. The maximum Gasteiger partial charge on any atom is 0.0493 e. The summed E-state index contributed by atoms with van der Waals surface area (Å²) in [6.45, 7) is 9.41. The second kappa shape index (κ2) is 5.26. The Labute approximate surface area is 109 Å². The fourth-order valence-corrected chi connectivity index (χ4v) is 2.62. The molecule has 1 heterocycles. The lowest BCUT2D eigenvalue weighted by atomic mass is 10.1. The molecule has 0 aliphatic rings. The monoisotopic (exact) mass is 239 g/mol. The summed E-state index contributed by atoms with van der Waals surface area (Å²) in [6.07, 6.45) is 0. The van der Waals surface area contributed by atoms with Crippen LogP contribution in [0.1, 0.15) is 26.3 Å². The first-order valence-electron chi connectivity index (χ1n) is 6.79. The molecule has 0 radical (unpaired) electrons. The van der Waals surface area contributed by atoms with E-state index in [1.165, 1.54) is 27.4 Å². The van der Waals surface area contributed by atoms with Crippen molar-refractivity contribution in [2.45, 2.75) is 34.2 Å². The zero-order chi connectivity index (χ0) is 13.1. The minimum Gasteiger partial charge on any atom is -0.341 e. The zero-order valence-corrected chi connectivity index (χ0v) is 11.7. The van der Waals surface area contributed by atoms with Crippen molar-refractivity contribution in [2.24, 2.45) is 0 Å². The molecule has 1 heteroatoms. The van der Waals surface area contributed by atoms with Gasteiger partial charge in [0.2, 0.25) is 0 Å². The second-order valence-electron chi connectivity index (χ2n) is 4.23. The highest BCUT2D eigenvalue weighted by atomic mass is 15.0. The van der Waals surface area contributed by atoms with Crippen molar-refractivity contribution >= 4 is 21.8 Å². The normalized spacial score (nSPS) is 10.4. The van der Waals surface area contributed by atoms with Crippen LogP contribution in [0.15, 0.2) is 42.5 Å². The topological polar surface area (TPSA) is 4.93 Å². The molecule has 0 saturated carbocycles. The molecule has 0 saturated heterocycles. The van der Waals surface area contributed by atoms with Gasteiger partial charge in [0.25, 0.3) is 0 Å². The number of aromatic nitrogens is 1. The maximum atomic E-state index is 2.39. The van der Waals surface area contributed by atoms with Crippen LogP contribution in [0.25, 0.3) is 21.8 Å². The van der Waals surface area contributed by atoms with Crippen LogP contribution in [0, 0.1) is 6.92 Å². The van der Waals surface area contributed by atoms with E-state index in [9.17, 15) is 0 Å². The van der Waals surface area contributed by atoms with Gasteiger partial charge >= 0.3 is 0 Å². The smallest absolute Gasteiger partial charge is 0.0493 e. The van der Waals surface area contributed by atoms with E-state index in [1.54, 1.807) is 0 Å². The van der Waals surface area contributed by atoms with E-state index in [2.05, 4.69) is 60.9 Å². The molecule has 0 amide bonds. The molecule has 18 heavy (non-hydrogen) atoms. The Bertz CT molecular complexity index is 662. The van der Waals surface area contributed by atoms with Crippen LogP contribution in [0.3, 0.4) is 0 Å². The highest BCUT2D eigenvalue weighted by Gasteiger charge is 2.09. The van der Waals surface area contributed by atoms with Crippen molar-refractivity contribution in [2.75, 3.05) is 0 Å². The van der Waals surface area contributed by atoms with Gasteiger partial charge in [-0.05, 0) is 31.5 Å². The number of fused-ring (bicyclic) bond motifs is 3. The summed E-state index contributed by atoms with van der Waals surface area (Å²) in [4.78, 5) is 0. The standard InChI is InChI=1S/C15H15N.C2H6/c1-3-16-13-9-5-4-8-12(13)15-11(2)7-6-10-14(15)16;1-2/h4-10H,3H2,1-2H3;1-2H3. The van der Waals surface area contributed by atoms with Crippen LogP contribution in [-0.4, -0.2) is 4.57 Å². The summed E-state index contributed by atoms with van der Waals surface area (Å²) in [5, 5.41) is 2.78. The quantitative estimate of drug-likeness (QED) is 0.553. The molecule has 0 N–H and O–H groups in total. The molecule has 1 nitrogen and oxygen atoms in total. The fraction of sp³-hybridized carbons (Fsp3) is 0.294. The number of benzene rings is 2. The third-order valence-electron chi connectivity index (χ3n) is 3.32. The minimum atomic E-state index is 1.02. The molecule has 2 aromatic carbocycles. The Hall–Kier alpha value is -1.76. The van der Waals surface area contributed by atoms with Gasteiger partial charge in [-0.2, -0.15) is 0 Å². The summed E-state index contributed by atoms with van der Waals surface area (Å²) in [5.41, 5.74) is 4.05. The molecule has 0 spiro atoms. The molecule has 94 valence electrons. The molecular weight excluding hydrogens is 218 g/mol. The number of rotatable bonds is 1. The molecule has 0 aliphatic heterocycles. The second-order valence-corrected chi connectivity index (χ2v) is 4.23. The van der Waals surface area contributed by atoms with Gasteiger partial charge < -0.3 is 4.57 Å². The number of aryl methyl sites for hydroxylation is 2. The Balaban J connectivity index is 0.000000574. The van der Waals surface area contributed by atoms with E-state index >= 15 is 0 Å². The summed E-state index contributed by atoms with van der Waals surface area (Å²) in [7, 11) is 0. The van der Waals surface area contributed by atoms with Crippen molar-refractivity contribution < 1.29 is 0 Å². The van der Waals surface area contributed by atoms with E-state index in [4.69, 9.17) is 0 Å². The molecule has 3 rings (SSSR count). The first kappa shape index (κ1) is 12.7. The number of para-hydroxylation sites is 1. The third kappa shape index (κ3) is 1.80. The van der Waals surface area contributed by atoms with Crippen molar-refractivity contribution in [3.05, 3.63) is 48.0 Å². The summed E-state index contributed by atoms with van der Waals surface area (Å²) < 4.78 is 2.39. The van der Waals surface area contributed by atoms with Gasteiger partial charge in [-0.15, -0.1) is 0 Å². The van der Waals surface area contributed by atoms with Crippen LogP contribution in [0.2, 0.25) is 0 Å². The lowest BCUT2D eigenvalue weighted by Crippen LogP contribution is -1.92. The highest BCUT2D eigenvalue weighted by Crippen LogP contribution is 2.30. The lowest BCUT2D eigenvalue weighted by molar-refractivity contribution is 0.827. The first-order chi connectivity index (χ1) is 8.83. The predicted octanol–water partition coefficient (Wildman–Crippen LogP) is 5.15. The van der Waals surface area contributed by atoms with Crippen molar-refractivity contribution in [3.63, 3.8) is 0 Å². The van der Waals surface area contributed by atoms with Gasteiger partial charge in [0, 0.05) is 28.4 Å². The molecular formula is C17H21N. The van der Waals surface area contributed by atoms with Crippen LogP contribution in [0.4, 0.5) is 0 Å². The molecule has 0 atom stereocenters. The van der Waals surface area contributed by atoms with Crippen LogP contribution < -0.4 is 0 Å². The van der Waals surface area contributed by atoms with Crippen molar-refractivity contribution in [3.8, 4) is 0 Å². The SMILES string of the molecule is CC.CCn1c2ccccc2c2c(C)cccc21. The van der Waals surface area contributed by atoms with Gasteiger partial charge in [0.05, 0.1) is 0 Å². The number of nitrogens with zero attached hydrogens (tertiary/aromatic N) is 1. The van der Waals surface area contributed by atoms with E-state index in [0.717, 1.165) is 6.54 Å². The number of hydrogen-bond acceptors (Lipinski definition) is 0. The predicted molar refractivity (Wildman–Crippen MR) is 81.2 cm³/mol. The highest BCUT2D eigenvalue weighted by molar-refractivity contribution is 6.09. The van der Waals surface area contributed by atoms with Crippen LogP contribution in [0.5, 0.6) is 0 Å². The Morgan fingerprint density at radius 1 is 0.889 bits per heavy atom. The summed E-state index contributed by atoms with van der Waals surface area (Å²) >= 11 is 0. The molecule has 0 unspecified atom stereocenters. The average Bonchev–Trinajstić information content (AvgIpc) is 2.76. The summed E-state index contributed by atoms with van der Waals surface area (Å²) in [6, 6.07) is 15.2. The van der Waals surface area contributed by atoms with Gasteiger partial charge in [-0.3, -0.25) is 0 Å². The van der Waals surface area contributed by atoms with Gasteiger partial charge in [0.1, 0.15) is 0 Å². The molecule has 3 aromatic rings. The maximum absolute atomic E-state index is 2.39. The largest absolute Gasteiger partial charge is 0.341 e. The van der Waals surface area contributed by atoms with Crippen LogP contribution in [-0.2, 0) is 6.54 Å². The Morgan fingerprint density at radius 3 is 2.28 bits per heavy atom. The van der Waals surface area contributed by atoms with E-state index in [0.29, 0.717) is 0 Å². The van der Waals surface area contributed by atoms with E-state index in [-0.39, 0.29) is 0 Å². The number of hydrogen-bond donors (Lipinski definition) is 0. The van der Waals surface area contributed by atoms with Crippen LogP contribution >= 0.6 is 0 Å². The Morgan fingerprint density at radius 2 is 1.56 bits per heavy atom. The zero-order valence-electron chi connectivity index (χ0n) is 11.7. The first-order valence-corrected chi connectivity index (χ1v) is 6.79. The van der Waals surface area contributed by atoms with Gasteiger partial charge in [-0.25, -0.2) is 0 Å². The third-order valence-corrected chi connectivity index (χ3v) is 3.32. The van der Waals surface area contributed by atoms with Gasteiger partial charge in [-0.1, -0.05) is 44.2 Å². The molecule has 1 aromatic heterocycles. The minimum absolute atomic E-state index is 1.02. The molecule has 0 aliphatic carbocycles. The van der Waals surface area contributed by atoms with E-state index < -0.39 is 0 Å². The average molecular weight is 239 g/mol. The van der Waals surface area contributed by atoms with Crippen molar-refractivity contribution in [1.29, 1.82) is 0 Å². The van der Waals surface area contributed by atoms with E-state index in [1.807, 2.05) is 13.8 Å². The molecule has 0 fully saturated rings. The lowest BCUT2D eigenvalue weighted by Gasteiger charge is -2.02. The van der Waals surface area contributed by atoms with Gasteiger partial charge in [0.15, 0.2) is 0 Å². The van der Waals surface area contributed by atoms with Crippen molar-refractivity contribution in [1.82, 2.24) is 4.57 Å². The molecule has 0 bridgehead atoms. The Kier molecular flexibility index (Phi) is 3.71.